The Bertz CT molecular complexity index is 788. The van der Waals surface area contributed by atoms with Crippen molar-refractivity contribution in [1.82, 2.24) is 0 Å². The SMILES string of the molecule is O=C1ON=C(C(F)(F)F)/C1=C/c1ccc(N(CCC(F)(F)F)CCC(F)(F)F)s1. The van der Waals surface area contributed by atoms with Gasteiger partial charge in [-0.2, -0.15) is 39.5 Å². The number of alkyl halides is 9. The van der Waals surface area contributed by atoms with Crippen molar-refractivity contribution in [3.8, 4) is 0 Å². The van der Waals surface area contributed by atoms with Crippen LogP contribution in [0.3, 0.4) is 0 Å². The van der Waals surface area contributed by atoms with Crippen LogP contribution in [0.1, 0.15) is 17.7 Å². The van der Waals surface area contributed by atoms with Gasteiger partial charge in [0.2, 0.25) is 0 Å². The molecule has 0 saturated carbocycles. The van der Waals surface area contributed by atoms with E-state index in [2.05, 4.69) is 9.99 Å². The molecule has 0 amide bonds. The minimum Gasteiger partial charge on any atom is -0.363 e. The summed E-state index contributed by atoms with van der Waals surface area (Å²) in [4.78, 5) is 16.3. The van der Waals surface area contributed by atoms with Gasteiger partial charge in [-0.25, -0.2) is 4.79 Å². The lowest BCUT2D eigenvalue weighted by Gasteiger charge is -2.24. The van der Waals surface area contributed by atoms with E-state index in [1.165, 1.54) is 6.07 Å². The number of hydrogen-bond acceptors (Lipinski definition) is 5. The first-order chi connectivity index (χ1) is 13.2. The summed E-state index contributed by atoms with van der Waals surface area (Å²) < 4.78 is 113. The highest BCUT2D eigenvalue weighted by molar-refractivity contribution is 7.17. The molecule has 0 atom stereocenters. The highest BCUT2D eigenvalue weighted by Gasteiger charge is 2.45. The maximum atomic E-state index is 12.8. The quantitative estimate of drug-likeness (QED) is 0.332. The van der Waals surface area contributed by atoms with E-state index in [1.54, 1.807) is 0 Å². The van der Waals surface area contributed by atoms with Crippen LogP contribution in [-0.2, 0) is 9.63 Å². The van der Waals surface area contributed by atoms with Crippen molar-refractivity contribution >= 4 is 34.1 Å². The molecule has 2 rings (SSSR count). The molecule has 162 valence electrons. The standard InChI is InChI=1S/C15H11F9N2O2S/c16-13(17,18)3-5-26(6-4-14(19,20)21)10-2-1-8(29-10)7-9-11(15(22,23)24)25-28-12(9)27/h1-2,7H,3-6H2/b9-7-. The van der Waals surface area contributed by atoms with Crippen LogP contribution in [0.15, 0.2) is 22.9 Å². The topological polar surface area (TPSA) is 41.9 Å². The van der Waals surface area contributed by atoms with Gasteiger partial charge in [-0.15, -0.1) is 11.3 Å². The zero-order valence-corrected chi connectivity index (χ0v) is 14.9. The molecule has 2 heterocycles. The van der Waals surface area contributed by atoms with Crippen molar-refractivity contribution in [3.63, 3.8) is 0 Å². The number of halogens is 9. The number of carbonyl (C=O) groups excluding carboxylic acids is 1. The van der Waals surface area contributed by atoms with Crippen molar-refractivity contribution in [2.45, 2.75) is 31.4 Å². The van der Waals surface area contributed by atoms with Crippen LogP contribution in [0.25, 0.3) is 6.08 Å². The van der Waals surface area contributed by atoms with E-state index < -0.39 is 61.7 Å². The smallest absolute Gasteiger partial charge is 0.363 e. The third-order valence-electron chi connectivity index (χ3n) is 3.50. The van der Waals surface area contributed by atoms with Gasteiger partial charge in [-0.1, -0.05) is 5.16 Å². The van der Waals surface area contributed by atoms with Gasteiger partial charge in [0.1, 0.15) is 0 Å². The predicted molar refractivity (Wildman–Crippen MR) is 85.4 cm³/mol. The molecular formula is C15H11F9N2O2S. The first-order valence-electron chi connectivity index (χ1n) is 7.72. The molecule has 0 bridgehead atoms. The summed E-state index contributed by atoms with van der Waals surface area (Å²) in [7, 11) is 0. The van der Waals surface area contributed by atoms with E-state index in [0.29, 0.717) is 11.3 Å². The highest BCUT2D eigenvalue weighted by atomic mass is 32.1. The highest BCUT2D eigenvalue weighted by Crippen LogP contribution is 2.34. The number of carbonyl (C=O) groups is 1. The Kier molecular flexibility index (Phi) is 6.55. The third-order valence-corrected chi connectivity index (χ3v) is 4.60. The molecule has 0 spiro atoms. The van der Waals surface area contributed by atoms with Crippen molar-refractivity contribution in [1.29, 1.82) is 0 Å². The summed E-state index contributed by atoms with van der Waals surface area (Å²) in [5.74, 6) is -1.38. The summed E-state index contributed by atoms with van der Waals surface area (Å²) in [6.07, 6.45) is -16.2. The van der Waals surface area contributed by atoms with Gasteiger partial charge in [-0.3, -0.25) is 0 Å². The predicted octanol–water partition coefficient (Wildman–Crippen LogP) is 5.32. The Morgan fingerprint density at radius 1 is 0.966 bits per heavy atom. The first-order valence-corrected chi connectivity index (χ1v) is 8.54. The Labute approximate surface area is 161 Å². The van der Waals surface area contributed by atoms with E-state index in [-0.39, 0.29) is 9.88 Å². The Balaban J connectivity index is 2.24. The summed E-state index contributed by atoms with van der Waals surface area (Å²) >= 11 is 0.628. The molecule has 0 unspecified atom stereocenters. The van der Waals surface area contributed by atoms with Crippen LogP contribution in [0.5, 0.6) is 0 Å². The van der Waals surface area contributed by atoms with Crippen LogP contribution in [-0.4, -0.2) is 43.3 Å². The number of rotatable bonds is 6. The summed E-state index contributed by atoms with van der Waals surface area (Å²) in [6.45, 7) is -1.54. The molecule has 0 saturated heterocycles. The average Bonchev–Trinajstić information content (AvgIpc) is 3.13. The number of anilines is 1. The molecule has 4 nitrogen and oxygen atoms in total. The Morgan fingerprint density at radius 2 is 1.52 bits per heavy atom. The number of oxime groups is 1. The van der Waals surface area contributed by atoms with Gasteiger partial charge in [0.25, 0.3) is 0 Å². The normalized spacial score (nSPS) is 16.9. The lowest BCUT2D eigenvalue weighted by molar-refractivity contribution is -0.137. The van der Waals surface area contributed by atoms with Gasteiger partial charge in [0.05, 0.1) is 23.4 Å². The largest absolute Gasteiger partial charge is 0.437 e. The summed E-state index contributed by atoms with van der Waals surface area (Å²) in [6, 6.07) is 2.33. The van der Waals surface area contributed by atoms with Gasteiger partial charge in [0.15, 0.2) is 5.71 Å². The van der Waals surface area contributed by atoms with E-state index in [1.807, 2.05) is 0 Å². The molecule has 0 N–H and O–H groups in total. The van der Waals surface area contributed by atoms with E-state index in [4.69, 9.17) is 0 Å². The summed E-state index contributed by atoms with van der Waals surface area (Å²) in [5, 5.41) is 2.61. The lowest BCUT2D eigenvalue weighted by Crippen LogP contribution is -2.31. The third kappa shape index (κ3) is 6.94. The van der Waals surface area contributed by atoms with Gasteiger partial charge >= 0.3 is 24.5 Å². The molecular weight excluding hydrogens is 443 g/mol. The monoisotopic (exact) mass is 454 g/mol. The minimum atomic E-state index is -4.98. The van der Waals surface area contributed by atoms with Crippen LogP contribution >= 0.6 is 11.3 Å². The van der Waals surface area contributed by atoms with Crippen molar-refractivity contribution < 1.29 is 49.1 Å². The van der Waals surface area contributed by atoms with E-state index in [0.717, 1.165) is 17.0 Å². The van der Waals surface area contributed by atoms with Crippen LogP contribution < -0.4 is 4.90 Å². The number of nitrogens with zero attached hydrogens (tertiary/aromatic N) is 2. The van der Waals surface area contributed by atoms with Gasteiger partial charge in [-0.05, 0) is 18.2 Å². The number of thiophene rings is 1. The van der Waals surface area contributed by atoms with Crippen LogP contribution in [0.4, 0.5) is 44.5 Å². The zero-order valence-electron chi connectivity index (χ0n) is 14.1. The first kappa shape index (κ1) is 23.0. The maximum absolute atomic E-state index is 12.8. The Morgan fingerprint density at radius 3 is 2.00 bits per heavy atom. The van der Waals surface area contributed by atoms with Crippen molar-refractivity contribution in [3.05, 3.63) is 22.6 Å². The second-order valence-electron chi connectivity index (χ2n) is 5.77. The van der Waals surface area contributed by atoms with Gasteiger partial charge in [0, 0.05) is 18.0 Å². The second-order valence-corrected chi connectivity index (χ2v) is 6.86. The molecule has 0 aliphatic carbocycles. The second kappa shape index (κ2) is 8.24. The maximum Gasteiger partial charge on any atom is 0.437 e. The molecule has 1 aliphatic rings. The zero-order chi connectivity index (χ0) is 22.0. The molecule has 0 aromatic carbocycles. The van der Waals surface area contributed by atoms with E-state index >= 15 is 0 Å². The summed E-state index contributed by atoms with van der Waals surface area (Å²) in [5.41, 5.74) is -2.49. The van der Waals surface area contributed by atoms with Crippen LogP contribution in [0.2, 0.25) is 0 Å². The fourth-order valence-electron chi connectivity index (χ4n) is 2.20. The molecule has 1 aromatic rings. The van der Waals surface area contributed by atoms with Gasteiger partial charge < -0.3 is 9.74 Å². The lowest BCUT2D eigenvalue weighted by atomic mass is 10.1. The molecule has 29 heavy (non-hydrogen) atoms. The van der Waals surface area contributed by atoms with Crippen LogP contribution in [0, 0.1) is 0 Å². The van der Waals surface area contributed by atoms with Crippen molar-refractivity contribution in [2.75, 3.05) is 18.0 Å². The minimum absolute atomic E-state index is 0.00480. The number of hydrogen-bond donors (Lipinski definition) is 0. The van der Waals surface area contributed by atoms with Crippen molar-refractivity contribution in [2.24, 2.45) is 5.16 Å². The van der Waals surface area contributed by atoms with E-state index in [9.17, 15) is 44.3 Å². The molecule has 0 fully saturated rings. The molecule has 14 heteroatoms. The fourth-order valence-corrected chi connectivity index (χ4v) is 3.20. The molecule has 0 radical (unpaired) electrons. The average molecular weight is 454 g/mol. The molecule has 1 aromatic heterocycles. The fraction of sp³-hybridized carbons (Fsp3) is 0.467. The molecule has 1 aliphatic heterocycles. The Hall–Kier alpha value is -2.25.